The third-order valence-electron chi connectivity index (χ3n) is 5.24. The summed E-state index contributed by atoms with van der Waals surface area (Å²) in [6.45, 7) is 2.50. The number of allylic oxidation sites excluding steroid dienone is 4. The number of piperazine rings is 1. The fourth-order valence-corrected chi connectivity index (χ4v) is 5.32. The van der Waals surface area contributed by atoms with Crippen molar-refractivity contribution in [1.29, 1.82) is 0 Å². The number of aliphatic hydroxyl groups is 1. The van der Waals surface area contributed by atoms with E-state index < -0.39 is 33.4 Å². The van der Waals surface area contributed by atoms with Crippen molar-refractivity contribution in [2.24, 2.45) is 0 Å². The van der Waals surface area contributed by atoms with Crippen molar-refractivity contribution in [3.8, 4) is 11.8 Å². The quantitative estimate of drug-likeness (QED) is 0.516. The molecule has 0 aromatic carbocycles. The lowest BCUT2D eigenvalue weighted by Gasteiger charge is -2.39. The van der Waals surface area contributed by atoms with E-state index in [2.05, 4.69) is 21.8 Å². The third kappa shape index (κ3) is 4.56. The number of nitrogens with zero attached hydrogens (tertiary/aromatic N) is 4. The third-order valence-corrected chi connectivity index (χ3v) is 7.71. The van der Waals surface area contributed by atoms with Crippen LogP contribution in [0.15, 0.2) is 35.5 Å². The van der Waals surface area contributed by atoms with Gasteiger partial charge in [0.1, 0.15) is 6.04 Å². The van der Waals surface area contributed by atoms with Gasteiger partial charge < -0.3 is 10.0 Å². The van der Waals surface area contributed by atoms with Crippen LogP contribution in [0.3, 0.4) is 0 Å². The van der Waals surface area contributed by atoms with E-state index >= 15 is 0 Å². The Balaban J connectivity index is 1.85. The van der Waals surface area contributed by atoms with Crippen LogP contribution in [0.1, 0.15) is 25.8 Å². The highest BCUT2D eigenvalue weighted by atomic mass is 32.2. The maximum atomic E-state index is 13.1. The Morgan fingerprint density at radius 2 is 1.91 bits per heavy atom. The Morgan fingerprint density at radius 1 is 1.25 bits per heavy atom. The van der Waals surface area contributed by atoms with Gasteiger partial charge in [-0.1, -0.05) is 30.3 Å². The zero-order chi connectivity index (χ0) is 23.7. The first-order valence-corrected chi connectivity index (χ1v) is 11.4. The number of rotatable bonds is 4. The highest BCUT2D eigenvalue weighted by Crippen LogP contribution is 2.38. The van der Waals surface area contributed by atoms with Gasteiger partial charge in [-0.25, -0.2) is 18.4 Å². The normalized spacial score (nSPS) is 22.1. The number of hydrogen-bond acceptors (Lipinski definition) is 7. The Kier molecular flexibility index (Phi) is 6.76. The fraction of sp³-hybridized carbons (Fsp3) is 0.450. The molecule has 2 atom stereocenters. The fourth-order valence-electron chi connectivity index (χ4n) is 3.28. The molecule has 1 unspecified atom stereocenters. The smallest absolute Gasteiger partial charge is 0.376 e. The minimum absolute atomic E-state index is 0.0121. The highest BCUT2D eigenvalue weighted by Gasteiger charge is 2.51. The second-order valence-corrected chi connectivity index (χ2v) is 9.79. The molecule has 0 radical (unpaired) electrons. The molecule has 172 valence electrons. The summed E-state index contributed by atoms with van der Waals surface area (Å²) in [6.07, 6.45) is 2.20. The van der Waals surface area contributed by atoms with E-state index in [0.29, 0.717) is 18.2 Å². The van der Waals surface area contributed by atoms with Crippen LogP contribution in [0.25, 0.3) is 0 Å². The first kappa shape index (κ1) is 24.3. The van der Waals surface area contributed by atoms with Crippen molar-refractivity contribution < 1.29 is 26.7 Å². The van der Waals surface area contributed by atoms with Crippen LogP contribution in [0.5, 0.6) is 0 Å². The topological polar surface area (TPSA) is 86.6 Å². The Labute approximate surface area is 189 Å². The minimum Gasteiger partial charge on any atom is -0.376 e. The summed E-state index contributed by atoms with van der Waals surface area (Å²) < 4.78 is 66.7. The van der Waals surface area contributed by atoms with Gasteiger partial charge in [-0.3, -0.25) is 0 Å². The van der Waals surface area contributed by atoms with Gasteiger partial charge in [-0.15, -0.1) is 5.92 Å². The van der Waals surface area contributed by atoms with E-state index in [1.54, 1.807) is 24.0 Å². The lowest BCUT2D eigenvalue weighted by atomic mass is 9.99. The number of halogens is 3. The number of sulfonamides is 1. The van der Waals surface area contributed by atoms with Crippen LogP contribution in [-0.4, -0.2) is 64.5 Å². The van der Waals surface area contributed by atoms with E-state index in [1.807, 2.05) is 0 Å². The molecule has 12 heteroatoms. The number of anilines is 1. The van der Waals surface area contributed by atoms with Crippen molar-refractivity contribution in [2.45, 2.75) is 38.1 Å². The second-order valence-electron chi connectivity index (χ2n) is 7.39. The summed E-state index contributed by atoms with van der Waals surface area (Å²) in [6, 6.07) is -0.620. The average Bonchev–Trinajstić information content (AvgIpc) is 2.73. The first-order valence-electron chi connectivity index (χ1n) is 9.60. The predicted octanol–water partition coefficient (Wildman–Crippen LogP) is 2.30. The molecule has 1 aromatic rings. The van der Waals surface area contributed by atoms with Gasteiger partial charge in [-0.2, -0.15) is 17.5 Å². The van der Waals surface area contributed by atoms with Gasteiger partial charge in [0.05, 0.1) is 4.91 Å². The molecule has 1 saturated heterocycles. The molecule has 1 N–H and O–H groups in total. The molecule has 2 heterocycles. The first-order chi connectivity index (χ1) is 14.9. The van der Waals surface area contributed by atoms with Crippen molar-refractivity contribution in [2.75, 3.05) is 24.5 Å². The average molecular weight is 487 g/mol. The lowest BCUT2D eigenvalue weighted by Crippen LogP contribution is -2.55. The lowest BCUT2D eigenvalue weighted by molar-refractivity contribution is -0.259. The predicted molar refractivity (Wildman–Crippen MR) is 117 cm³/mol. The summed E-state index contributed by atoms with van der Waals surface area (Å²) in [4.78, 5) is 10.0. The zero-order valence-electron chi connectivity index (χ0n) is 17.3. The molecule has 32 heavy (non-hydrogen) atoms. The molecule has 1 fully saturated rings. The number of aromatic nitrogens is 2. The monoisotopic (exact) mass is 486 g/mol. The maximum Gasteiger partial charge on any atom is 0.421 e. The Hall–Kier alpha value is -2.33. The van der Waals surface area contributed by atoms with E-state index in [9.17, 15) is 26.7 Å². The summed E-state index contributed by atoms with van der Waals surface area (Å²) in [5.41, 5.74) is -3.60. The Morgan fingerprint density at radius 3 is 2.47 bits per heavy atom. The largest absolute Gasteiger partial charge is 0.421 e. The molecule has 3 rings (SSSR count). The summed E-state index contributed by atoms with van der Waals surface area (Å²) >= 11 is 5.21. The molecule has 2 aliphatic rings. The van der Waals surface area contributed by atoms with Gasteiger partial charge in [0.15, 0.2) is 5.60 Å². The van der Waals surface area contributed by atoms with E-state index in [-0.39, 0.29) is 30.5 Å². The molecule has 0 amide bonds. The standard InChI is InChI=1S/C20H21F3N4O3S2/c1-3-6-15-13-26(32(29,30)17-8-5-4-7-16(17)31)9-10-27(15)18-24-11-14(12-25-18)19(2,28)20(21,22)23/h4-5,8,11-12,15,28H,7,9-10,13H2,1-2H3/t15-,19?/m0/s1. The van der Waals surface area contributed by atoms with Crippen molar-refractivity contribution in [1.82, 2.24) is 14.3 Å². The van der Waals surface area contributed by atoms with Crippen LogP contribution in [0.4, 0.5) is 19.1 Å². The number of hydrogen-bond donors (Lipinski definition) is 1. The van der Waals surface area contributed by atoms with E-state index in [0.717, 1.165) is 12.4 Å². The summed E-state index contributed by atoms with van der Waals surface area (Å²) in [7, 11) is -3.82. The minimum atomic E-state index is -4.89. The highest BCUT2D eigenvalue weighted by molar-refractivity contribution is 7.96. The van der Waals surface area contributed by atoms with E-state index in [1.165, 1.54) is 10.4 Å². The maximum absolute atomic E-state index is 13.1. The van der Waals surface area contributed by atoms with Crippen LogP contribution < -0.4 is 4.90 Å². The van der Waals surface area contributed by atoms with Gasteiger partial charge in [0.25, 0.3) is 0 Å². The molecular weight excluding hydrogens is 465 g/mol. The summed E-state index contributed by atoms with van der Waals surface area (Å²) in [5.74, 6) is 5.75. The molecule has 1 aromatic heterocycles. The van der Waals surface area contributed by atoms with Crippen molar-refractivity contribution in [3.63, 3.8) is 0 Å². The van der Waals surface area contributed by atoms with Crippen LogP contribution >= 0.6 is 12.2 Å². The second kappa shape index (κ2) is 8.90. The van der Waals surface area contributed by atoms with Gasteiger partial charge in [-0.05, 0) is 19.9 Å². The van der Waals surface area contributed by atoms with Crippen molar-refractivity contribution in [3.05, 3.63) is 41.1 Å². The molecule has 1 aliphatic heterocycles. The Bertz CT molecular complexity index is 1120. The molecule has 1 aliphatic carbocycles. The van der Waals surface area contributed by atoms with Crippen molar-refractivity contribution >= 4 is 33.1 Å². The SMILES string of the molecule is CC#C[C@H]1CN(S(=O)(=O)C2=CC=CCC2=S)CCN1c1ncc(C(C)(O)C(F)(F)F)cn1. The van der Waals surface area contributed by atoms with Crippen LogP contribution in [0, 0.1) is 11.8 Å². The van der Waals surface area contributed by atoms with Gasteiger partial charge in [0.2, 0.25) is 16.0 Å². The molecular formula is C20H21F3N4O3S2. The van der Waals surface area contributed by atoms with E-state index in [4.69, 9.17) is 12.2 Å². The molecule has 0 saturated carbocycles. The number of alkyl halides is 3. The molecule has 0 bridgehead atoms. The molecule has 0 spiro atoms. The zero-order valence-corrected chi connectivity index (χ0v) is 18.9. The van der Waals surface area contributed by atoms with Crippen LogP contribution in [0.2, 0.25) is 0 Å². The molecule has 7 nitrogen and oxygen atoms in total. The number of thiocarbonyl (C=S) groups is 1. The van der Waals surface area contributed by atoms with Gasteiger partial charge >= 0.3 is 6.18 Å². The summed E-state index contributed by atoms with van der Waals surface area (Å²) in [5, 5.41) is 9.79. The van der Waals surface area contributed by atoms with Crippen LogP contribution in [-0.2, 0) is 15.6 Å². The van der Waals surface area contributed by atoms with Gasteiger partial charge in [0, 0.05) is 48.9 Å².